The van der Waals surface area contributed by atoms with Crippen molar-refractivity contribution in [1.82, 2.24) is 0 Å². The Morgan fingerprint density at radius 3 is 2.54 bits per heavy atom. The van der Waals surface area contributed by atoms with E-state index >= 15 is 0 Å². The summed E-state index contributed by atoms with van der Waals surface area (Å²) in [4.78, 5) is 13.5. The van der Waals surface area contributed by atoms with Crippen LogP contribution in [0.4, 0.5) is 5.69 Å². The van der Waals surface area contributed by atoms with Gasteiger partial charge in [0.1, 0.15) is 5.75 Å². The van der Waals surface area contributed by atoms with Crippen LogP contribution in [0.3, 0.4) is 0 Å². The lowest BCUT2D eigenvalue weighted by atomic mass is 10.2. The van der Waals surface area contributed by atoms with Crippen LogP contribution in [-0.4, -0.2) is 17.8 Å². The Kier molecular flexibility index (Phi) is 5.81. The van der Waals surface area contributed by atoms with E-state index in [2.05, 4.69) is 12.2 Å². The molecular weight excluding hydrogens is 318 g/mol. The molecule has 4 heteroatoms. The fourth-order valence-corrected chi connectivity index (χ4v) is 3.75. The van der Waals surface area contributed by atoms with Crippen LogP contribution in [0, 0.1) is 0 Å². The Bertz CT molecular complexity index is 678. The van der Waals surface area contributed by atoms with Crippen LogP contribution in [0.2, 0.25) is 0 Å². The number of ether oxygens (including phenoxy) is 1. The summed E-state index contributed by atoms with van der Waals surface area (Å²) < 4.78 is 5.95. The van der Waals surface area contributed by atoms with Crippen molar-refractivity contribution < 1.29 is 9.53 Å². The van der Waals surface area contributed by atoms with E-state index in [0.29, 0.717) is 6.10 Å². The lowest BCUT2D eigenvalue weighted by Gasteiger charge is -2.14. The van der Waals surface area contributed by atoms with Gasteiger partial charge < -0.3 is 10.1 Å². The molecule has 0 bridgehead atoms. The van der Waals surface area contributed by atoms with E-state index in [9.17, 15) is 4.79 Å². The highest BCUT2D eigenvalue weighted by Gasteiger charge is 2.16. The number of hydrogen-bond acceptors (Lipinski definition) is 3. The number of benzene rings is 2. The van der Waals surface area contributed by atoms with Gasteiger partial charge in [0.15, 0.2) is 0 Å². The first-order valence-electron chi connectivity index (χ1n) is 8.56. The topological polar surface area (TPSA) is 38.3 Å². The third-order valence-electron chi connectivity index (χ3n) is 4.15. The molecule has 1 saturated carbocycles. The van der Waals surface area contributed by atoms with Gasteiger partial charge in [-0.3, -0.25) is 4.79 Å². The lowest BCUT2D eigenvalue weighted by Crippen LogP contribution is -2.13. The Hall–Kier alpha value is -1.94. The van der Waals surface area contributed by atoms with E-state index in [1.165, 1.54) is 12.8 Å². The van der Waals surface area contributed by atoms with Gasteiger partial charge in [-0.05, 0) is 67.8 Å². The third kappa shape index (κ3) is 4.32. The molecule has 1 aliphatic rings. The zero-order valence-electron chi connectivity index (χ0n) is 14.0. The number of amides is 1. The maximum atomic E-state index is 12.5. The van der Waals surface area contributed by atoms with Crippen molar-refractivity contribution >= 4 is 23.4 Å². The highest BCUT2D eigenvalue weighted by atomic mass is 32.2. The molecule has 0 aromatic heterocycles. The zero-order valence-corrected chi connectivity index (χ0v) is 14.8. The van der Waals surface area contributed by atoms with Gasteiger partial charge in [0.25, 0.3) is 5.91 Å². The minimum Gasteiger partial charge on any atom is -0.490 e. The molecular formula is C20H23NO2S. The van der Waals surface area contributed by atoms with Crippen molar-refractivity contribution in [3.05, 3.63) is 54.1 Å². The summed E-state index contributed by atoms with van der Waals surface area (Å²) in [6.45, 7) is 2.09. The second-order valence-corrected chi connectivity index (χ2v) is 7.24. The summed E-state index contributed by atoms with van der Waals surface area (Å²) in [6, 6.07) is 15.4. The normalized spacial score (nSPS) is 14.5. The Balaban J connectivity index is 1.64. The SMILES string of the molecule is CCSc1ccccc1C(=O)Nc1ccc(OC2CCCC2)cc1. The standard InChI is InChI=1S/C20H23NO2S/c1-2-24-19-10-6-5-9-18(19)20(22)21-15-11-13-17(14-12-15)23-16-7-3-4-8-16/h5-6,9-14,16H,2-4,7-8H2,1H3,(H,21,22). The second-order valence-electron chi connectivity index (χ2n) is 5.93. The molecule has 0 aliphatic heterocycles. The van der Waals surface area contributed by atoms with Crippen LogP contribution in [-0.2, 0) is 0 Å². The van der Waals surface area contributed by atoms with Gasteiger partial charge in [0, 0.05) is 10.6 Å². The second kappa shape index (κ2) is 8.25. The van der Waals surface area contributed by atoms with E-state index in [1.54, 1.807) is 11.8 Å². The summed E-state index contributed by atoms with van der Waals surface area (Å²) in [7, 11) is 0. The molecule has 2 aromatic carbocycles. The van der Waals surface area contributed by atoms with Crippen molar-refractivity contribution in [2.45, 2.75) is 43.6 Å². The van der Waals surface area contributed by atoms with Crippen molar-refractivity contribution in [2.75, 3.05) is 11.1 Å². The van der Waals surface area contributed by atoms with E-state index in [1.807, 2.05) is 48.5 Å². The molecule has 0 radical (unpaired) electrons. The Morgan fingerprint density at radius 2 is 1.83 bits per heavy atom. The fraction of sp³-hybridized carbons (Fsp3) is 0.350. The van der Waals surface area contributed by atoms with Crippen LogP contribution in [0.5, 0.6) is 5.75 Å². The van der Waals surface area contributed by atoms with Crippen molar-refractivity contribution in [3.63, 3.8) is 0 Å². The zero-order chi connectivity index (χ0) is 16.8. The molecule has 1 aliphatic carbocycles. The predicted octanol–water partition coefficient (Wildman–Crippen LogP) is 5.37. The number of hydrogen-bond donors (Lipinski definition) is 1. The van der Waals surface area contributed by atoms with Crippen LogP contribution in [0.1, 0.15) is 43.0 Å². The van der Waals surface area contributed by atoms with Crippen LogP contribution in [0.15, 0.2) is 53.4 Å². The summed E-state index contributed by atoms with van der Waals surface area (Å²) in [5.41, 5.74) is 1.51. The molecule has 3 nitrogen and oxygen atoms in total. The number of carbonyl (C=O) groups is 1. The molecule has 126 valence electrons. The average Bonchev–Trinajstić information content (AvgIpc) is 3.10. The molecule has 1 fully saturated rings. The maximum Gasteiger partial charge on any atom is 0.256 e. The summed E-state index contributed by atoms with van der Waals surface area (Å²) in [5.74, 6) is 1.75. The third-order valence-corrected chi connectivity index (χ3v) is 5.10. The van der Waals surface area contributed by atoms with Crippen molar-refractivity contribution in [1.29, 1.82) is 0 Å². The van der Waals surface area contributed by atoms with Crippen molar-refractivity contribution in [3.8, 4) is 5.75 Å². The molecule has 0 saturated heterocycles. The van der Waals surface area contributed by atoms with E-state index in [4.69, 9.17) is 4.74 Å². The van der Waals surface area contributed by atoms with Gasteiger partial charge in [-0.15, -0.1) is 11.8 Å². The monoisotopic (exact) mass is 341 g/mol. The van der Waals surface area contributed by atoms with E-state index < -0.39 is 0 Å². The minimum absolute atomic E-state index is 0.0731. The summed E-state index contributed by atoms with van der Waals surface area (Å²) in [6.07, 6.45) is 5.15. The van der Waals surface area contributed by atoms with Gasteiger partial charge in [-0.25, -0.2) is 0 Å². The molecule has 0 heterocycles. The minimum atomic E-state index is -0.0731. The molecule has 3 rings (SSSR count). The largest absolute Gasteiger partial charge is 0.490 e. The Labute approximate surface area is 147 Å². The average molecular weight is 341 g/mol. The lowest BCUT2D eigenvalue weighted by molar-refractivity contribution is 0.102. The molecule has 1 N–H and O–H groups in total. The number of nitrogens with one attached hydrogen (secondary N) is 1. The quantitative estimate of drug-likeness (QED) is 0.718. The predicted molar refractivity (Wildman–Crippen MR) is 100 cm³/mol. The summed E-state index contributed by atoms with van der Waals surface area (Å²) >= 11 is 1.68. The molecule has 0 atom stereocenters. The van der Waals surface area contributed by atoms with Gasteiger partial charge in [0.2, 0.25) is 0 Å². The Morgan fingerprint density at radius 1 is 1.12 bits per heavy atom. The fourth-order valence-electron chi connectivity index (χ4n) is 2.95. The van der Waals surface area contributed by atoms with E-state index in [0.717, 1.165) is 40.5 Å². The molecule has 1 amide bonds. The first-order valence-corrected chi connectivity index (χ1v) is 9.54. The molecule has 24 heavy (non-hydrogen) atoms. The van der Waals surface area contributed by atoms with Crippen LogP contribution < -0.4 is 10.1 Å². The molecule has 0 spiro atoms. The summed E-state index contributed by atoms with van der Waals surface area (Å²) in [5, 5.41) is 2.97. The number of thioether (sulfide) groups is 1. The van der Waals surface area contributed by atoms with Gasteiger partial charge in [-0.2, -0.15) is 0 Å². The number of rotatable bonds is 6. The molecule has 2 aromatic rings. The van der Waals surface area contributed by atoms with Gasteiger partial charge >= 0.3 is 0 Å². The highest BCUT2D eigenvalue weighted by Crippen LogP contribution is 2.26. The van der Waals surface area contributed by atoms with Gasteiger partial charge in [0.05, 0.1) is 11.7 Å². The maximum absolute atomic E-state index is 12.5. The van der Waals surface area contributed by atoms with Crippen molar-refractivity contribution in [2.24, 2.45) is 0 Å². The first kappa shape index (κ1) is 16.9. The molecule has 0 unspecified atom stereocenters. The van der Waals surface area contributed by atoms with Crippen LogP contribution >= 0.6 is 11.8 Å². The first-order chi connectivity index (χ1) is 11.8. The smallest absolute Gasteiger partial charge is 0.256 e. The van der Waals surface area contributed by atoms with Crippen LogP contribution in [0.25, 0.3) is 0 Å². The van der Waals surface area contributed by atoms with Gasteiger partial charge in [-0.1, -0.05) is 19.1 Å². The highest BCUT2D eigenvalue weighted by molar-refractivity contribution is 7.99. The number of carbonyl (C=O) groups excluding carboxylic acids is 1. The van der Waals surface area contributed by atoms with E-state index in [-0.39, 0.29) is 5.91 Å². The number of anilines is 1.